The van der Waals surface area contributed by atoms with Crippen molar-refractivity contribution >= 4 is 29.3 Å². The molecule has 0 saturated carbocycles. The van der Waals surface area contributed by atoms with Crippen LogP contribution < -0.4 is 10.6 Å². The molecule has 0 bridgehead atoms. The number of nitrogens with zero attached hydrogens (tertiary/aromatic N) is 1. The third-order valence-electron chi connectivity index (χ3n) is 5.61. The highest BCUT2D eigenvalue weighted by atomic mass is 35.5. The topological polar surface area (TPSA) is 78.5 Å². The van der Waals surface area contributed by atoms with Gasteiger partial charge in [0.2, 0.25) is 5.91 Å². The average Bonchev–Trinajstić information content (AvgIpc) is 2.81. The van der Waals surface area contributed by atoms with Gasteiger partial charge < -0.3 is 15.5 Å². The smallest absolute Gasteiger partial charge is 0.253 e. The second kappa shape index (κ2) is 11.1. The number of carbonyl (C=O) groups excluding carboxylic acids is 3. The first-order valence-electron chi connectivity index (χ1n) is 10.8. The number of hydrogen-bond acceptors (Lipinski definition) is 3. The minimum Gasteiger partial charge on any atom is -0.354 e. The Balaban J connectivity index is 1.66. The summed E-state index contributed by atoms with van der Waals surface area (Å²) in [6.07, 6.45) is 1.93. The molecule has 1 unspecified atom stereocenters. The Hall–Kier alpha value is -2.93. The fraction of sp³-hybridized carbons (Fsp3) is 0.375. The number of carbonyl (C=O) groups is 3. The summed E-state index contributed by atoms with van der Waals surface area (Å²) >= 11 is 5.90. The Labute approximate surface area is 192 Å². The van der Waals surface area contributed by atoms with E-state index in [4.69, 9.17) is 11.6 Å². The Morgan fingerprint density at radius 3 is 2.22 bits per heavy atom. The van der Waals surface area contributed by atoms with Crippen LogP contribution in [0.2, 0.25) is 5.02 Å². The van der Waals surface area contributed by atoms with E-state index in [1.54, 1.807) is 29.2 Å². The maximum absolute atomic E-state index is 13.2. The second-order valence-corrected chi connectivity index (χ2v) is 8.32. The van der Waals surface area contributed by atoms with Gasteiger partial charge in [0.1, 0.15) is 11.9 Å². The van der Waals surface area contributed by atoms with Crippen LogP contribution in [0.1, 0.15) is 46.9 Å². The molecule has 8 heteroatoms. The lowest BCUT2D eigenvalue weighted by Crippen LogP contribution is -2.54. The standard InChI is InChI=1S/C24H27ClFN3O3/c1-2-13-27-23(31)21(28-22(30)17-5-9-20(26)10-6-17)16-11-14-29(15-12-16)24(32)18-3-7-19(25)8-4-18/h3-10,16,21H,2,11-15H2,1H3,(H,27,31)(H,28,30). The van der Waals surface area contributed by atoms with E-state index in [-0.39, 0.29) is 23.3 Å². The van der Waals surface area contributed by atoms with Gasteiger partial charge in [0.05, 0.1) is 0 Å². The minimum absolute atomic E-state index is 0.0811. The van der Waals surface area contributed by atoms with Crippen LogP contribution in [0.4, 0.5) is 4.39 Å². The molecule has 0 spiro atoms. The van der Waals surface area contributed by atoms with Crippen molar-refractivity contribution in [3.63, 3.8) is 0 Å². The number of likely N-dealkylation sites (tertiary alicyclic amines) is 1. The molecule has 1 atom stereocenters. The predicted octanol–water partition coefficient (Wildman–Crippen LogP) is 3.66. The molecule has 0 aromatic heterocycles. The van der Waals surface area contributed by atoms with Gasteiger partial charge in [-0.2, -0.15) is 0 Å². The zero-order valence-electron chi connectivity index (χ0n) is 17.9. The quantitative estimate of drug-likeness (QED) is 0.663. The second-order valence-electron chi connectivity index (χ2n) is 7.89. The monoisotopic (exact) mass is 459 g/mol. The normalized spacial score (nSPS) is 15.2. The lowest BCUT2D eigenvalue weighted by Gasteiger charge is -2.36. The lowest BCUT2D eigenvalue weighted by atomic mass is 9.88. The molecule has 6 nitrogen and oxygen atoms in total. The number of piperidine rings is 1. The van der Waals surface area contributed by atoms with Crippen molar-refractivity contribution in [1.29, 1.82) is 0 Å². The highest BCUT2D eigenvalue weighted by Gasteiger charge is 2.34. The van der Waals surface area contributed by atoms with Gasteiger partial charge in [-0.05, 0) is 73.7 Å². The predicted molar refractivity (Wildman–Crippen MR) is 121 cm³/mol. The van der Waals surface area contributed by atoms with Gasteiger partial charge in [0.25, 0.3) is 11.8 Å². The van der Waals surface area contributed by atoms with Gasteiger partial charge >= 0.3 is 0 Å². The maximum Gasteiger partial charge on any atom is 0.253 e. The average molecular weight is 460 g/mol. The molecular formula is C24H27ClFN3O3. The number of nitrogens with one attached hydrogen (secondary N) is 2. The molecule has 1 aliphatic rings. The van der Waals surface area contributed by atoms with Crippen LogP contribution in [0.5, 0.6) is 0 Å². The third-order valence-corrected chi connectivity index (χ3v) is 5.87. The first-order chi connectivity index (χ1) is 15.4. The molecule has 2 aromatic rings. The van der Waals surface area contributed by atoms with Crippen molar-refractivity contribution in [3.8, 4) is 0 Å². The Morgan fingerprint density at radius 2 is 1.62 bits per heavy atom. The van der Waals surface area contributed by atoms with Crippen LogP contribution in [0.15, 0.2) is 48.5 Å². The largest absolute Gasteiger partial charge is 0.354 e. The van der Waals surface area contributed by atoms with E-state index in [1.165, 1.54) is 24.3 Å². The minimum atomic E-state index is -0.730. The Bertz CT molecular complexity index is 942. The molecule has 1 fully saturated rings. The molecule has 170 valence electrons. The van der Waals surface area contributed by atoms with Crippen molar-refractivity contribution in [2.45, 2.75) is 32.2 Å². The maximum atomic E-state index is 13.2. The number of benzene rings is 2. The Morgan fingerprint density at radius 1 is 1.03 bits per heavy atom. The summed E-state index contributed by atoms with van der Waals surface area (Å²) in [6, 6.07) is 11.2. The first-order valence-corrected chi connectivity index (χ1v) is 11.2. The molecule has 1 aliphatic heterocycles. The number of halogens is 2. The van der Waals surface area contributed by atoms with Gasteiger partial charge in [-0.3, -0.25) is 14.4 Å². The van der Waals surface area contributed by atoms with E-state index in [1.807, 2.05) is 6.92 Å². The van der Waals surface area contributed by atoms with E-state index >= 15 is 0 Å². The highest BCUT2D eigenvalue weighted by molar-refractivity contribution is 6.30. The van der Waals surface area contributed by atoms with E-state index in [9.17, 15) is 18.8 Å². The number of rotatable bonds is 7. The fourth-order valence-electron chi connectivity index (χ4n) is 3.79. The molecule has 1 heterocycles. The van der Waals surface area contributed by atoms with Crippen LogP contribution in [-0.2, 0) is 4.79 Å². The van der Waals surface area contributed by atoms with Crippen LogP contribution in [0.3, 0.4) is 0 Å². The fourth-order valence-corrected chi connectivity index (χ4v) is 3.92. The van der Waals surface area contributed by atoms with Crippen LogP contribution in [0, 0.1) is 11.7 Å². The molecule has 0 radical (unpaired) electrons. The highest BCUT2D eigenvalue weighted by Crippen LogP contribution is 2.23. The molecular weight excluding hydrogens is 433 g/mol. The van der Waals surface area contributed by atoms with E-state index in [0.717, 1.165) is 6.42 Å². The van der Waals surface area contributed by atoms with E-state index in [0.29, 0.717) is 43.1 Å². The van der Waals surface area contributed by atoms with Crippen LogP contribution >= 0.6 is 11.6 Å². The zero-order chi connectivity index (χ0) is 23.1. The van der Waals surface area contributed by atoms with Gasteiger partial charge in [-0.1, -0.05) is 18.5 Å². The van der Waals surface area contributed by atoms with Crippen molar-refractivity contribution < 1.29 is 18.8 Å². The van der Waals surface area contributed by atoms with E-state index in [2.05, 4.69) is 10.6 Å². The SMILES string of the molecule is CCCNC(=O)C(NC(=O)c1ccc(F)cc1)C1CCN(C(=O)c2ccc(Cl)cc2)CC1. The Kier molecular flexibility index (Phi) is 8.22. The van der Waals surface area contributed by atoms with Crippen LogP contribution in [0.25, 0.3) is 0 Å². The van der Waals surface area contributed by atoms with Crippen molar-refractivity contribution in [2.24, 2.45) is 5.92 Å². The molecule has 2 aromatic carbocycles. The molecule has 3 amide bonds. The molecule has 1 saturated heterocycles. The number of amides is 3. The summed E-state index contributed by atoms with van der Waals surface area (Å²) in [4.78, 5) is 40.0. The molecule has 2 N–H and O–H groups in total. The summed E-state index contributed by atoms with van der Waals surface area (Å²) in [5.41, 5.74) is 0.852. The third kappa shape index (κ3) is 6.07. The summed E-state index contributed by atoms with van der Waals surface area (Å²) in [5, 5.41) is 6.24. The summed E-state index contributed by atoms with van der Waals surface area (Å²) < 4.78 is 13.2. The van der Waals surface area contributed by atoms with Gasteiger partial charge in [-0.15, -0.1) is 0 Å². The molecule has 0 aliphatic carbocycles. The van der Waals surface area contributed by atoms with Gasteiger partial charge in [-0.25, -0.2) is 4.39 Å². The summed E-state index contributed by atoms with van der Waals surface area (Å²) in [5.74, 6) is -1.31. The lowest BCUT2D eigenvalue weighted by molar-refractivity contribution is -0.124. The van der Waals surface area contributed by atoms with Crippen LogP contribution in [-0.4, -0.2) is 48.3 Å². The van der Waals surface area contributed by atoms with Gasteiger partial charge in [0.15, 0.2) is 0 Å². The van der Waals surface area contributed by atoms with E-state index < -0.39 is 17.8 Å². The zero-order valence-corrected chi connectivity index (χ0v) is 18.7. The molecule has 3 rings (SSSR count). The summed E-state index contributed by atoms with van der Waals surface area (Å²) in [6.45, 7) is 3.43. The van der Waals surface area contributed by atoms with Gasteiger partial charge in [0, 0.05) is 35.8 Å². The number of hydrogen-bond donors (Lipinski definition) is 2. The van der Waals surface area contributed by atoms with Crippen molar-refractivity contribution in [3.05, 3.63) is 70.5 Å². The van der Waals surface area contributed by atoms with Crippen molar-refractivity contribution in [1.82, 2.24) is 15.5 Å². The molecule has 32 heavy (non-hydrogen) atoms. The van der Waals surface area contributed by atoms with Crippen molar-refractivity contribution in [2.75, 3.05) is 19.6 Å². The summed E-state index contributed by atoms with van der Waals surface area (Å²) in [7, 11) is 0. The first kappa shape index (κ1) is 23.7.